The molecule has 0 aromatic heterocycles. The smallest absolute Gasteiger partial charge is 0.329 e. The number of ether oxygens (including phenoxy) is 8. The van der Waals surface area contributed by atoms with Crippen LogP contribution < -0.4 is 32.7 Å². The van der Waals surface area contributed by atoms with Crippen LogP contribution >= 0.6 is 23.5 Å². The van der Waals surface area contributed by atoms with Gasteiger partial charge in [-0.2, -0.15) is 0 Å². The monoisotopic (exact) mass is 1620 g/mol. The zero-order valence-electron chi connectivity index (χ0n) is 66.0. The molecule has 35 heteroatoms. The molecule has 19 atom stereocenters. The van der Waals surface area contributed by atoms with E-state index in [0.717, 1.165) is 29.1 Å². The Hall–Kier alpha value is -7.48. The number of carboxylic acid groups (broad SMARTS) is 3. The van der Waals surface area contributed by atoms with Gasteiger partial charge in [0.1, 0.15) is 61.4 Å². The Morgan fingerprint density at radius 3 is 1.94 bits per heavy atom. The fraction of sp³-hybridized carbons (Fsp3) is 0.714. The van der Waals surface area contributed by atoms with Crippen molar-refractivity contribution in [3.05, 3.63) is 47.6 Å². The quantitative estimate of drug-likeness (QED) is 0.0143. The molecule has 4 rings (SSSR count). The largest absolute Gasteiger partial charge is 0.480 e. The molecule has 0 spiro atoms. The molecule has 3 fully saturated rings. The number of fused-ring (bicyclic) bond motifs is 3. The normalized spacial score (nSPS) is 27.7. The van der Waals surface area contributed by atoms with Crippen molar-refractivity contribution >= 4 is 106 Å². The van der Waals surface area contributed by atoms with Gasteiger partial charge in [-0.05, 0) is 126 Å². The molecule has 630 valence electrons. The maximum atomic E-state index is 15.0. The summed E-state index contributed by atoms with van der Waals surface area (Å²) in [6.45, 7) is 10.9. The number of hydrogen-bond donors (Lipinski definition) is 10. The number of thioether (sulfide) groups is 2. The van der Waals surface area contributed by atoms with E-state index >= 15 is 4.79 Å². The lowest BCUT2D eigenvalue weighted by atomic mass is 9.78. The number of nitrogens with one attached hydrogen (secondary N) is 4. The first-order valence-corrected chi connectivity index (χ1v) is 40.6. The summed E-state index contributed by atoms with van der Waals surface area (Å²) < 4.78 is 48.5. The maximum Gasteiger partial charge on any atom is 0.329 e. The molecule has 0 radical (unpaired) electrons. The van der Waals surface area contributed by atoms with E-state index in [1.54, 1.807) is 27.9 Å². The Bertz CT molecular complexity index is 3300. The molecule has 0 aromatic rings. The van der Waals surface area contributed by atoms with Crippen molar-refractivity contribution in [2.75, 3.05) is 83.8 Å². The van der Waals surface area contributed by atoms with Gasteiger partial charge in [-0.25, -0.2) is 4.79 Å². The number of carboxylic acids is 3. The summed E-state index contributed by atoms with van der Waals surface area (Å²) in [6, 6.07) is -6.44. The summed E-state index contributed by atoms with van der Waals surface area (Å²) in [5.74, 6) is -15.8. The Balaban J connectivity index is 1.65. The van der Waals surface area contributed by atoms with Crippen LogP contribution in [-0.4, -0.2) is 271 Å². The molecule has 3 aliphatic heterocycles. The summed E-state index contributed by atoms with van der Waals surface area (Å²) in [5.41, 5.74) is 12.2. The molecule has 4 aliphatic rings. The number of Topliss-reactive ketones (excluding diaryl/α,β-unsaturated/α-hetero) is 3. The van der Waals surface area contributed by atoms with E-state index in [1.165, 1.54) is 25.2 Å². The van der Waals surface area contributed by atoms with E-state index < -0.39 is 198 Å². The number of aliphatic hydroxyl groups excluding tert-OH is 1. The van der Waals surface area contributed by atoms with Crippen molar-refractivity contribution in [1.82, 2.24) is 26.2 Å². The van der Waals surface area contributed by atoms with Gasteiger partial charge in [-0.3, -0.25) is 62.3 Å². The second-order valence-corrected chi connectivity index (χ2v) is 31.4. The number of ketones is 3. The number of carbonyl (C=O) groups is 14. The fourth-order valence-electron chi connectivity index (χ4n) is 13.8. The highest BCUT2D eigenvalue weighted by atomic mass is 32.2. The molecule has 2 bridgehead atoms. The first kappa shape index (κ1) is 96.9. The number of allylic oxidation sites excluding steroid dienone is 6. The van der Waals surface area contributed by atoms with E-state index in [2.05, 4.69) is 21.3 Å². The summed E-state index contributed by atoms with van der Waals surface area (Å²) in [7, 11) is 4.39. The van der Waals surface area contributed by atoms with Crippen LogP contribution in [0.2, 0.25) is 0 Å². The van der Waals surface area contributed by atoms with Gasteiger partial charge in [0.15, 0.2) is 18.0 Å². The zero-order chi connectivity index (χ0) is 83.3. The molecule has 33 nitrogen and oxygen atoms in total. The zero-order valence-corrected chi connectivity index (χ0v) is 67.6. The minimum atomic E-state index is -1.44. The van der Waals surface area contributed by atoms with Gasteiger partial charge in [0, 0.05) is 83.4 Å². The van der Waals surface area contributed by atoms with Crippen molar-refractivity contribution in [3.8, 4) is 0 Å². The molecule has 1 saturated carbocycles. The molecule has 1 aliphatic carbocycles. The molecule has 1 unspecified atom stereocenters. The van der Waals surface area contributed by atoms with Gasteiger partial charge >= 0.3 is 35.8 Å². The van der Waals surface area contributed by atoms with Crippen LogP contribution in [0.3, 0.4) is 0 Å². The van der Waals surface area contributed by atoms with Crippen molar-refractivity contribution < 1.29 is 125 Å². The van der Waals surface area contributed by atoms with Crippen LogP contribution in [0.4, 0.5) is 0 Å². The Morgan fingerprint density at radius 1 is 0.705 bits per heavy atom. The molecule has 5 amide bonds. The lowest BCUT2D eigenvalue weighted by Crippen LogP contribution is -2.55. The minimum Gasteiger partial charge on any atom is -0.480 e. The Morgan fingerprint density at radius 2 is 1.34 bits per heavy atom. The summed E-state index contributed by atoms with van der Waals surface area (Å²) in [5, 5.41) is 46.4. The van der Waals surface area contributed by atoms with Crippen molar-refractivity contribution in [3.63, 3.8) is 0 Å². The van der Waals surface area contributed by atoms with Crippen molar-refractivity contribution in [2.24, 2.45) is 47.0 Å². The number of esters is 3. The van der Waals surface area contributed by atoms with Gasteiger partial charge in [0.25, 0.3) is 5.91 Å². The SMILES string of the molecule is CO[C@H]1C[C@@H]2CC[C@@H](C)[C@@H](O2)C(=O)C(=O)N2CCCC[C@H]2C(=O)OC([C@H](C)C[C@@H]2CC[C@@H](OCCOC(=O)CSC[C@H](NC(=O)CC[C@H](N)C(=O)O)C(=O)NCC(=O)O)[C@H](OC)C2)CC(=O)[C@H](C)/C=C(\C)[C@@H](OC(=O)CSC[C@H](NC(=O)CC[C@H](N)C(=O)O)C(=O)NCCO)[C@@H](OC)C(=O)[C@H](C)C[C@@H](C)/C=C\C=CC=C1C. The predicted molar refractivity (Wildman–Crippen MR) is 411 cm³/mol. The van der Waals surface area contributed by atoms with Crippen LogP contribution in [0.5, 0.6) is 0 Å². The number of piperidine rings is 1. The average molecular weight is 1620 g/mol. The van der Waals surface area contributed by atoms with E-state index in [1.807, 2.05) is 58.1 Å². The molecular formula is C77H119N7O26S2. The van der Waals surface area contributed by atoms with E-state index in [4.69, 9.17) is 59.6 Å². The van der Waals surface area contributed by atoms with E-state index in [9.17, 15) is 72.5 Å². The van der Waals surface area contributed by atoms with Crippen LogP contribution in [0.25, 0.3) is 0 Å². The summed E-state index contributed by atoms with van der Waals surface area (Å²) in [4.78, 5) is 187. The minimum absolute atomic E-state index is 0.0392. The van der Waals surface area contributed by atoms with E-state index in [-0.39, 0.29) is 105 Å². The highest BCUT2D eigenvalue weighted by Gasteiger charge is 2.45. The molecule has 12 N–H and O–H groups in total. The highest BCUT2D eigenvalue weighted by Crippen LogP contribution is 2.37. The maximum absolute atomic E-state index is 15.0. The second-order valence-electron chi connectivity index (χ2n) is 29.3. The molecule has 0 aromatic carbocycles. The number of carbonyl (C=O) groups excluding carboxylic acids is 11. The Kier molecular flexibility index (Phi) is 43.8. The number of methoxy groups -OCH3 is 3. The first-order valence-electron chi connectivity index (χ1n) is 38.2. The first-order chi connectivity index (χ1) is 53.1. The van der Waals surface area contributed by atoms with Gasteiger partial charge in [0.2, 0.25) is 29.4 Å². The molecule has 2 saturated heterocycles. The number of aliphatic hydroxyl groups is 1. The van der Waals surface area contributed by atoms with E-state index in [0.29, 0.717) is 64.2 Å². The fourth-order valence-corrected chi connectivity index (χ4v) is 15.5. The third-order valence-electron chi connectivity index (χ3n) is 20.3. The summed E-state index contributed by atoms with van der Waals surface area (Å²) >= 11 is 1.81. The highest BCUT2D eigenvalue weighted by molar-refractivity contribution is 8.00. The van der Waals surface area contributed by atoms with Crippen LogP contribution in [0.15, 0.2) is 47.6 Å². The Labute approximate surface area is 663 Å². The second kappa shape index (κ2) is 50.7. The van der Waals surface area contributed by atoms with Crippen molar-refractivity contribution in [1.29, 1.82) is 0 Å². The predicted octanol–water partition coefficient (Wildman–Crippen LogP) is 3.11. The lowest BCUT2D eigenvalue weighted by Gasteiger charge is -2.39. The third-order valence-corrected chi connectivity index (χ3v) is 22.3. The van der Waals surface area contributed by atoms with Gasteiger partial charge in [-0.15, -0.1) is 23.5 Å². The third kappa shape index (κ3) is 33.5. The van der Waals surface area contributed by atoms with Crippen molar-refractivity contribution in [2.45, 2.75) is 230 Å². The van der Waals surface area contributed by atoms with Gasteiger partial charge < -0.3 is 96.0 Å². The number of amides is 5. The van der Waals surface area contributed by atoms with Gasteiger partial charge in [0.05, 0.1) is 49.1 Å². The van der Waals surface area contributed by atoms with Crippen LogP contribution in [0, 0.1) is 35.5 Å². The number of aliphatic carboxylic acids is 3. The number of cyclic esters (lactones) is 1. The molecule has 3 heterocycles. The number of nitrogens with two attached hydrogens (primary N) is 2. The summed E-state index contributed by atoms with van der Waals surface area (Å²) in [6.07, 6.45) is 7.43. The van der Waals surface area contributed by atoms with Crippen LogP contribution in [0.1, 0.15) is 151 Å². The average Bonchev–Trinajstić information content (AvgIpc) is 0.807. The molecule has 112 heavy (non-hydrogen) atoms. The standard InChI is InChI=1S/C77H119N7O26S2/c1-43-16-12-11-13-17-44(2)59(103-8)36-51-21-19-45(3)69(108-51)68(94)74(97)84-28-15-14-18-56(84)77(102)109-60(47(5)34-50-20-24-58(61(35-50)104-9)106-30-31-107-65(91)41-111-40-55(73(96)81-38-64(89)90)83-63(88)26-23-53(79)76(100)101)37-57(86)46(4)33-49(7)70(71(105-10)67(93)48(6)32-43)110-66(92)42-112-39-54(72(95)80-27-29-85)82-62(87)25-22-52(78)75(98)99/h11-13,16-17,33,43,45-48,50-56,58-61,69-71,85H,14-15,18-32,34-42,78-79H2,1-10H3,(H,80,95)(H,81,96)(H,82,87)(H,83,88)(H,89,90)(H,98,99)(H,100,101)/b13-11?,16-12-,44-17?,49-33+/t43-,45+,46+,47+,48+,50-,51-,52-,53-,54-,55-,56-,58+,59-,60?,61+,69+,70+,71-/m0/s1. The lowest BCUT2D eigenvalue weighted by molar-refractivity contribution is -0.170. The number of rotatable bonds is 35. The molecular weight excluding hydrogens is 1500 g/mol. The number of nitrogens with zero attached hydrogens (tertiary/aromatic N) is 1. The van der Waals surface area contributed by atoms with Gasteiger partial charge in [-0.1, -0.05) is 71.1 Å². The topological polar surface area (TPSA) is 497 Å². The van der Waals surface area contributed by atoms with Crippen LogP contribution in [-0.2, 0) is 105 Å². The number of hydrogen-bond acceptors (Lipinski definition) is 27.